The molecule has 0 aliphatic heterocycles. The zero-order valence-electron chi connectivity index (χ0n) is 15.6. The van der Waals surface area contributed by atoms with Gasteiger partial charge in [-0.15, -0.1) is 0 Å². The first-order valence-corrected chi connectivity index (χ1v) is 9.83. The minimum atomic E-state index is -0.330. The molecule has 27 heavy (non-hydrogen) atoms. The predicted molar refractivity (Wildman–Crippen MR) is 111 cm³/mol. The van der Waals surface area contributed by atoms with Gasteiger partial charge in [0.15, 0.2) is 0 Å². The molecule has 2 aromatic carbocycles. The van der Waals surface area contributed by atoms with Gasteiger partial charge in [0.25, 0.3) is 11.5 Å². The first kappa shape index (κ1) is 19.3. The van der Waals surface area contributed by atoms with Gasteiger partial charge >= 0.3 is 0 Å². The number of carbonyl (C=O) groups is 1. The summed E-state index contributed by atoms with van der Waals surface area (Å²) in [6.07, 6.45) is 0. The highest BCUT2D eigenvalue weighted by Gasteiger charge is 2.25. The van der Waals surface area contributed by atoms with Gasteiger partial charge in [0, 0.05) is 23.1 Å². The second kappa shape index (κ2) is 8.05. The fraction of sp³-hybridized carbons (Fsp3) is 0.286. The Morgan fingerprint density at radius 3 is 2.44 bits per heavy atom. The summed E-state index contributed by atoms with van der Waals surface area (Å²) in [5.41, 5.74) is 1.19. The van der Waals surface area contributed by atoms with Crippen molar-refractivity contribution in [2.24, 2.45) is 0 Å². The third kappa shape index (κ3) is 3.67. The highest BCUT2D eigenvalue weighted by atomic mass is 79.9. The number of aromatic nitrogens is 2. The summed E-state index contributed by atoms with van der Waals surface area (Å²) in [6, 6.07) is 14.3. The van der Waals surface area contributed by atoms with E-state index < -0.39 is 0 Å². The van der Waals surface area contributed by atoms with Crippen LogP contribution < -0.4 is 5.56 Å². The van der Waals surface area contributed by atoms with Gasteiger partial charge in [-0.1, -0.05) is 28.1 Å². The standard InChI is InChI=1S/C21H22BrN3O2/c1-4-24(20(26)15-10-12-16(22)13-11-15)14(3)19-23-18-9-7-6-8-17(18)21(27)25(19)5-2/h6-14H,4-5H2,1-3H3. The lowest BCUT2D eigenvalue weighted by atomic mass is 10.1. The van der Waals surface area contributed by atoms with Crippen LogP contribution in [0.25, 0.3) is 10.9 Å². The molecule has 0 radical (unpaired) electrons. The molecule has 3 aromatic rings. The second-order valence-electron chi connectivity index (χ2n) is 6.31. The summed E-state index contributed by atoms with van der Waals surface area (Å²) in [5, 5.41) is 0.595. The number of benzene rings is 2. The van der Waals surface area contributed by atoms with E-state index in [1.54, 1.807) is 27.7 Å². The van der Waals surface area contributed by atoms with Crippen LogP contribution in [0.4, 0.5) is 0 Å². The molecular weight excluding hydrogens is 406 g/mol. The number of nitrogens with zero attached hydrogens (tertiary/aromatic N) is 3. The summed E-state index contributed by atoms with van der Waals surface area (Å²) >= 11 is 3.39. The number of amides is 1. The normalized spacial score (nSPS) is 12.1. The summed E-state index contributed by atoms with van der Waals surface area (Å²) < 4.78 is 2.58. The van der Waals surface area contributed by atoms with Crippen molar-refractivity contribution in [3.63, 3.8) is 0 Å². The van der Waals surface area contributed by atoms with Gasteiger partial charge in [-0.2, -0.15) is 0 Å². The summed E-state index contributed by atoms with van der Waals surface area (Å²) in [7, 11) is 0. The van der Waals surface area contributed by atoms with Crippen LogP contribution in [0, 0.1) is 0 Å². The molecule has 6 heteroatoms. The van der Waals surface area contributed by atoms with Crippen LogP contribution in [-0.2, 0) is 6.54 Å². The van der Waals surface area contributed by atoms with E-state index in [1.807, 2.05) is 51.1 Å². The fourth-order valence-corrected chi connectivity index (χ4v) is 3.57. The average molecular weight is 428 g/mol. The molecular formula is C21H22BrN3O2. The molecule has 1 unspecified atom stereocenters. The van der Waals surface area contributed by atoms with Crippen LogP contribution in [-0.4, -0.2) is 26.9 Å². The molecule has 1 aromatic heterocycles. The van der Waals surface area contributed by atoms with E-state index in [4.69, 9.17) is 4.98 Å². The summed E-state index contributed by atoms with van der Waals surface area (Å²) in [4.78, 5) is 32.4. The first-order valence-electron chi connectivity index (χ1n) is 9.03. The van der Waals surface area contributed by atoms with E-state index in [0.29, 0.717) is 35.4 Å². The van der Waals surface area contributed by atoms with E-state index in [1.165, 1.54) is 0 Å². The molecule has 0 fully saturated rings. The van der Waals surface area contributed by atoms with E-state index in [2.05, 4.69) is 15.9 Å². The zero-order valence-corrected chi connectivity index (χ0v) is 17.2. The number of rotatable bonds is 5. The Hall–Kier alpha value is -2.47. The molecule has 1 amide bonds. The van der Waals surface area contributed by atoms with Crippen LogP contribution in [0.1, 0.15) is 43.0 Å². The van der Waals surface area contributed by atoms with Crippen molar-refractivity contribution in [1.82, 2.24) is 14.5 Å². The number of carbonyl (C=O) groups excluding carboxylic acids is 1. The van der Waals surface area contributed by atoms with Crippen molar-refractivity contribution in [3.05, 3.63) is 74.7 Å². The molecule has 5 nitrogen and oxygen atoms in total. The molecule has 1 heterocycles. The van der Waals surface area contributed by atoms with Gasteiger partial charge in [-0.3, -0.25) is 14.2 Å². The Morgan fingerprint density at radius 1 is 1.15 bits per heavy atom. The van der Waals surface area contributed by atoms with E-state index in [-0.39, 0.29) is 17.5 Å². The maximum absolute atomic E-state index is 13.0. The monoisotopic (exact) mass is 427 g/mol. The van der Waals surface area contributed by atoms with Crippen molar-refractivity contribution in [3.8, 4) is 0 Å². The van der Waals surface area contributed by atoms with E-state index in [9.17, 15) is 9.59 Å². The molecule has 0 spiro atoms. The lowest BCUT2D eigenvalue weighted by Gasteiger charge is -2.29. The molecule has 1 atom stereocenters. The van der Waals surface area contributed by atoms with Crippen LogP contribution in [0.5, 0.6) is 0 Å². The molecule has 0 bridgehead atoms. The Morgan fingerprint density at radius 2 is 1.81 bits per heavy atom. The number of hydrogen-bond acceptors (Lipinski definition) is 3. The molecule has 3 rings (SSSR count). The van der Waals surface area contributed by atoms with Crippen molar-refractivity contribution in [2.75, 3.05) is 6.54 Å². The summed E-state index contributed by atoms with van der Waals surface area (Å²) in [6.45, 7) is 6.79. The van der Waals surface area contributed by atoms with Crippen LogP contribution in [0.2, 0.25) is 0 Å². The van der Waals surface area contributed by atoms with Crippen molar-refractivity contribution >= 4 is 32.7 Å². The molecule has 0 aliphatic rings. The lowest BCUT2D eigenvalue weighted by Crippen LogP contribution is -2.37. The van der Waals surface area contributed by atoms with Crippen molar-refractivity contribution < 1.29 is 4.79 Å². The topological polar surface area (TPSA) is 55.2 Å². The number of fused-ring (bicyclic) bond motifs is 1. The largest absolute Gasteiger partial charge is 0.329 e. The van der Waals surface area contributed by atoms with Gasteiger partial charge < -0.3 is 4.90 Å². The van der Waals surface area contributed by atoms with Crippen molar-refractivity contribution in [2.45, 2.75) is 33.4 Å². The third-order valence-electron chi connectivity index (χ3n) is 4.74. The first-order chi connectivity index (χ1) is 13.0. The average Bonchev–Trinajstić information content (AvgIpc) is 2.68. The summed E-state index contributed by atoms with van der Waals surface area (Å²) in [5.74, 6) is 0.524. The number of hydrogen-bond donors (Lipinski definition) is 0. The maximum Gasteiger partial charge on any atom is 0.261 e. The van der Waals surface area contributed by atoms with Gasteiger partial charge in [0.2, 0.25) is 0 Å². The quantitative estimate of drug-likeness (QED) is 0.605. The van der Waals surface area contributed by atoms with Gasteiger partial charge in [0.05, 0.1) is 16.9 Å². The minimum Gasteiger partial charge on any atom is -0.329 e. The molecule has 0 aliphatic carbocycles. The smallest absolute Gasteiger partial charge is 0.261 e. The third-order valence-corrected chi connectivity index (χ3v) is 5.27. The van der Waals surface area contributed by atoms with Crippen LogP contribution in [0.3, 0.4) is 0 Å². The fourth-order valence-electron chi connectivity index (χ4n) is 3.30. The zero-order chi connectivity index (χ0) is 19.6. The number of halogens is 1. The molecule has 140 valence electrons. The lowest BCUT2D eigenvalue weighted by molar-refractivity contribution is 0.0691. The minimum absolute atomic E-state index is 0.0721. The number of para-hydroxylation sites is 1. The SMILES string of the molecule is CCN(C(=O)c1ccc(Br)cc1)C(C)c1nc2ccccc2c(=O)n1CC. The molecule has 0 N–H and O–H groups in total. The molecule has 0 saturated carbocycles. The van der Waals surface area contributed by atoms with Crippen molar-refractivity contribution in [1.29, 1.82) is 0 Å². The van der Waals surface area contributed by atoms with Gasteiger partial charge in [-0.25, -0.2) is 4.98 Å². The Balaban J connectivity index is 2.07. The van der Waals surface area contributed by atoms with Crippen LogP contribution >= 0.6 is 15.9 Å². The predicted octanol–water partition coefficient (Wildman–Crippen LogP) is 4.40. The van der Waals surface area contributed by atoms with Gasteiger partial charge in [0.1, 0.15) is 5.82 Å². The van der Waals surface area contributed by atoms with E-state index >= 15 is 0 Å². The molecule has 0 saturated heterocycles. The van der Waals surface area contributed by atoms with Gasteiger partial charge in [-0.05, 0) is 57.2 Å². The van der Waals surface area contributed by atoms with E-state index in [0.717, 1.165) is 4.47 Å². The Bertz CT molecular complexity index is 1030. The van der Waals surface area contributed by atoms with Crippen LogP contribution in [0.15, 0.2) is 57.8 Å². The Kier molecular flexibility index (Phi) is 5.75. The highest BCUT2D eigenvalue weighted by Crippen LogP contribution is 2.22. The highest BCUT2D eigenvalue weighted by molar-refractivity contribution is 9.10. The second-order valence-corrected chi connectivity index (χ2v) is 7.23. The maximum atomic E-state index is 13.0. The Labute approximate surface area is 166 Å².